The highest BCUT2D eigenvalue weighted by atomic mass is 16.5. The number of amides is 1. The normalized spacial score (nSPS) is 15.5. The number of likely N-dealkylation sites (tertiary alicyclic amines) is 1. The van der Waals surface area contributed by atoms with Crippen LogP contribution in [0.3, 0.4) is 0 Å². The van der Waals surface area contributed by atoms with Crippen molar-refractivity contribution in [3.05, 3.63) is 53.9 Å². The highest BCUT2D eigenvalue weighted by Gasteiger charge is 2.25. The molecule has 0 spiro atoms. The van der Waals surface area contributed by atoms with Crippen LogP contribution >= 0.6 is 0 Å². The van der Waals surface area contributed by atoms with Gasteiger partial charge in [-0.3, -0.25) is 9.36 Å². The SMILES string of the molecule is CCc1nc2cc(C(=O)N(C)C3CCN(C)CC3)ccc2n1-c1ccc(OC)cc1. The van der Waals surface area contributed by atoms with Crippen molar-refractivity contribution in [1.29, 1.82) is 0 Å². The van der Waals surface area contributed by atoms with E-state index >= 15 is 0 Å². The molecule has 6 heteroatoms. The van der Waals surface area contributed by atoms with Crippen LogP contribution in [0.15, 0.2) is 42.5 Å². The third-order valence-corrected chi connectivity index (χ3v) is 6.17. The van der Waals surface area contributed by atoms with E-state index in [9.17, 15) is 4.79 Å². The number of ether oxygens (including phenoxy) is 1. The molecule has 2 aromatic carbocycles. The first-order chi connectivity index (χ1) is 14.5. The predicted octanol–water partition coefficient (Wildman–Crippen LogP) is 3.76. The number of aromatic nitrogens is 2. The van der Waals surface area contributed by atoms with Gasteiger partial charge in [-0.25, -0.2) is 4.98 Å². The summed E-state index contributed by atoms with van der Waals surface area (Å²) in [6.45, 7) is 4.17. The van der Waals surface area contributed by atoms with Gasteiger partial charge in [-0.2, -0.15) is 0 Å². The number of hydrogen-bond acceptors (Lipinski definition) is 4. The lowest BCUT2D eigenvalue weighted by Crippen LogP contribution is -2.44. The zero-order valence-electron chi connectivity index (χ0n) is 18.3. The first kappa shape index (κ1) is 20.4. The third kappa shape index (κ3) is 3.79. The fourth-order valence-corrected chi connectivity index (χ4v) is 4.27. The van der Waals surface area contributed by atoms with Crippen LogP contribution in [0.25, 0.3) is 16.7 Å². The van der Waals surface area contributed by atoms with Gasteiger partial charge in [0.1, 0.15) is 11.6 Å². The van der Waals surface area contributed by atoms with Crippen LogP contribution in [-0.4, -0.2) is 65.6 Å². The Morgan fingerprint density at radius 1 is 1.17 bits per heavy atom. The summed E-state index contributed by atoms with van der Waals surface area (Å²) in [5, 5.41) is 0. The molecule has 4 rings (SSSR count). The molecule has 1 amide bonds. The van der Waals surface area contributed by atoms with Crippen LogP contribution in [-0.2, 0) is 6.42 Å². The Morgan fingerprint density at radius 2 is 1.87 bits per heavy atom. The van der Waals surface area contributed by atoms with Crippen LogP contribution < -0.4 is 4.74 Å². The zero-order chi connectivity index (χ0) is 21.3. The molecule has 158 valence electrons. The Kier molecular flexibility index (Phi) is 5.77. The van der Waals surface area contributed by atoms with E-state index in [4.69, 9.17) is 9.72 Å². The molecule has 6 nitrogen and oxygen atoms in total. The molecule has 0 aliphatic carbocycles. The number of fused-ring (bicyclic) bond motifs is 1. The average Bonchev–Trinajstić information content (AvgIpc) is 3.16. The van der Waals surface area contributed by atoms with Gasteiger partial charge in [-0.05, 0) is 75.4 Å². The summed E-state index contributed by atoms with van der Waals surface area (Å²) < 4.78 is 7.44. The molecular formula is C24H30N4O2. The fraction of sp³-hybridized carbons (Fsp3) is 0.417. The summed E-state index contributed by atoms with van der Waals surface area (Å²) in [4.78, 5) is 22.2. The summed E-state index contributed by atoms with van der Waals surface area (Å²) in [6.07, 6.45) is 2.85. The molecule has 0 unspecified atom stereocenters. The van der Waals surface area contributed by atoms with Crippen molar-refractivity contribution < 1.29 is 9.53 Å². The number of hydrogen-bond donors (Lipinski definition) is 0. The first-order valence-corrected chi connectivity index (χ1v) is 10.6. The molecule has 0 bridgehead atoms. The van der Waals surface area contributed by atoms with Crippen molar-refractivity contribution in [1.82, 2.24) is 19.4 Å². The van der Waals surface area contributed by atoms with Crippen LogP contribution in [0.2, 0.25) is 0 Å². The topological polar surface area (TPSA) is 50.6 Å². The Labute approximate surface area is 178 Å². The van der Waals surface area contributed by atoms with E-state index in [0.717, 1.165) is 60.6 Å². The number of benzene rings is 2. The molecule has 1 saturated heterocycles. The number of methoxy groups -OCH3 is 1. The number of carbonyl (C=O) groups excluding carboxylic acids is 1. The molecule has 0 N–H and O–H groups in total. The number of rotatable bonds is 5. The van der Waals surface area contributed by atoms with Gasteiger partial charge in [0, 0.05) is 30.8 Å². The third-order valence-electron chi connectivity index (χ3n) is 6.17. The van der Waals surface area contributed by atoms with E-state index < -0.39 is 0 Å². The van der Waals surface area contributed by atoms with E-state index in [1.54, 1.807) is 7.11 Å². The smallest absolute Gasteiger partial charge is 0.253 e. The number of piperidine rings is 1. The quantitative estimate of drug-likeness (QED) is 0.647. The van der Waals surface area contributed by atoms with Crippen LogP contribution in [0.4, 0.5) is 0 Å². The molecule has 1 aliphatic rings. The summed E-state index contributed by atoms with van der Waals surface area (Å²) in [5.41, 5.74) is 3.60. The van der Waals surface area contributed by atoms with Gasteiger partial charge < -0.3 is 14.5 Å². The van der Waals surface area contributed by atoms with Crippen molar-refractivity contribution in [2.75, 3.05) is 34.3 Å². The van der Waals surface area contributed by atoms with Gasteiger partial charge in [-0.1, -0.05) is 6.92 Å². The maximum atomic E-state index is 13.1. The number of nitrogens with zero attached hydrogens (tertiary/aromatic N) is 4. The zero-order valence-corrected chi connectivity index (χ0v) is 18.3. The number of imidazole rings is 1. The second-order valence-electron chi connectivity index (χ2n) is 8.07. The summed E-state index contributed by atoms with van der Waals surface area (Å²) >= 11 is 0. The minimum Gasteiger partial charge on any atom is -0.497 e. The van der Waals surface area contributed by atoms with Gasteiger partial charge in [0.2, 0.25) is 0 Å². The van der Waals surface area contributed by atoms with E-state index in [-0.39, 0.29) is 5.91 Å². The first-order valence-electron chi connectivity index (χ1n) is 10.6. The summed E-state index contributed by atoms with van der Waals surface area (Å²) in [7, 11) is 5.73. The van der Waals surface area contributed by atoms with Crippen LogP contribution in [0.5, 0.6) is 5.75 Å². The van der Waals surface area contributed by atoms with Crippen molar-refractivity contribution >= 4 is 16.9 Å². The molecule has 3 aromatic rings. The maximum absolute atomic E-state index is 13.1. The maximum Gasteiger partial charge on any atom is 0.253 e. The van der Waals surface area contributed by atoms with E-state index in [2.05, 4.69) is 23.4 Å². The molecule has 1 fully saturated rings. The van der Waals surface area contributed by atoms with Gasteiger partial charge in [0.25, 0.3) is 5.91 Å². The minimum atomic E-state index is 0.0727. The minimum absolute atomic E-state index is 0.0727. The van der Waals surface area contributed by atoms with Crippen molar-refractivity contribution in [2.45, 2.75) is 32.2 Å². The Morgan fingerprint density at radius 3 is 2.50 bits per heavy atom. The molecule has 0 saturated carbocycles. The number of aryl methyl sites for hydroxylation is 1. The van der Waals surface area contributed by atoms with Gasteiger partial charge in [-0.15, -0.1) is 0 Å². The predicted molar refractivity (Wildman–Crippen MR) is 120 cm³/mol. The van der Waals surface area contributed by atoms with Crippen molar-refractivity contribution in [2.24, 2.45) is 0 Å². The molecule has 0 atom stereocenters. The van der Waals surface area contributed by atoms with Crippen molar-refractivity contribution in [3.63, 3.8) is 0 Å². The Balaban J connectivity index is 1.65. The molecular weight excluding hydrogens is 376 g/mol. The van der Waals surface area contributed by atoms with E-state index in [1.807, 2.05) is 54.4 Å². The number of carbonyl (C=O) groups is 1. The highest BCUT2D eigenvalue weighted by Crippen LogP contribution is 2.26. The van der Waals surface area contributed by atoms with Gasteiger partial charge in [0.05, 0.1) is 18.1 Å². The second-order valence-corrected chi connectivity index (χ2v) is 8.07. The van der Waals surface area contributed by atoms with Crippen LogP contribution in [0, 0.1) is 0 Å². The molecule has 30 heavy (non-hydrogen) atoms. The Bertz CT molecular complexity index is 1030. The second kappa shape index (κ2) is 8.48. The van der Waals surface area contributed by atoms with E-state index in [0.29, 0.717) is 11.6 Å². The molecule has 1 aromatic heterocycles. The fourth-order valence-electron chi connectivity index (χ4n) is 4.27. The lowest BCUT2D eigenvalue weighted by Gasteiger charge is -2.35. The largest absolute Gasteiger partial charge is 0.497 e. The van der Waals surface area contributed by atoms with Crippen molar-refractivity contribution in [3.8, 4) is 11.4 Å². The Hall–Kier alpha value is -2.86. The van der Waals surface area contributed by atoms with E-state index in [1.165, 1.54) is 0 Å². The van der Waals surface area contributed by atoms with Crippen LogP contribution in [0.1, 0.15) is 35.9 Å². The molecule has 2 heterocycles. The molecule has 1 aliphatic heterocycles. The molecule has 0 radical (unpaired) electrons. The van der Waals surface area contributed by atoms with Gasteiger partial charge in [0.15, 0.2) is 0 Å². The lowest BCUT2D eigenvalue weighted by atomic mass is 10.0. The average molecular weight is 407 g/mol. The standard InChI is InChI=1S/C24H30N4O2/c1-5-23-25-21-16-17(24(29)27(3)18-12-14-26(2)15-13-18)6-11-22(21)28(23)19-7-9-20(30-4)10-8-19/h6-11,16,18H,5,12-15H2,1-4H3. The summed E-state index contributed by atoms with van der Waals surface area (Å²) in [5.74, 6) is 1.87. The highest BCUT2D eigenvalue weighted by molar-refractivity contribution is 5.97. The monoisotopic (exact) mass is 406 g/mol. The van der Waals surface area contributed by atoms with Gasteiger partial charge >= 0.3 is 0 Å². The lowest BCUT2D eigenvalue weighted by molar-refractivity contribution is 0.0659. The summed E-state index contributed by atoms with van der Waals surface area (Å²) in [6, 6.07) is 14.1.